The van der Waals surface area contributed by atoms with Crippen molar-refractivity contribution in [3.05, 3.63) is 47.4 Å². The summed E-state index contributed by atoms with van der Waals surface area (Å²) in [5.41, 5.74) is 1.24. The van der Waals surface area contributed by atoms with Gasteiger partial charge in [0.1, 0.15) is 12.5 Å². The zero-order valence-corrected chi connectivity index (χ0v) is 8.21. The highest BCUT2D eigenvalue weighted by molar-refractivity contribution is 5.88. The Labute approximate surface area is 92.1 Å². The summed E-state index contributed by atoms with van der Waals surface area (Å²) >= 11 is 0. The Kier molecular flexibility index (Phi) is 2.52. The number of carboxylic acid groups (broad SMARTS) is 1. The number of benzene rings is 1. The van der Waals surface area contributed by atoms with E-state index in [4.69, 9.17) is 21.0 Å². The molecule has 1 heterocycles. The van der Waals surface area contributed by atoms with E-state index in [1.807, 2.05) is 0 Å². The first-order valence-electron chi connectivity index (χ1n) is 4.52. The van der Waals surface area contributed by atoms with E-state index in [0.717, 1.165) is 0 Å². The van der Waals surface area contributed by atoms with Crippen LogP contribution >= 0.6 is 0 Å². The predicted molar refractivity (Wildman–Crippen MR) is 55.4 cm³/mol. The van der Waals surface area contributed by atoms with Crippen molar-refractivity contribution in [1.29, 1.82) is 0 Å². The Hall–Kier alpha value is -2.41. The Balaban J connectivity index is 2.44. The molecular weight excluding hydrogens is 208 g/mol. The van der Waals surface area contributed by atoms with Gasteiger partial charge in [0.05, 0.1) is 5.56 Å². The number of ether oxygens (including phenoxy) is 2. The van der Waals surface area contributed by atoms with Crippen LogP contribution in [0.4, 0.5) is 0 Å². The molecule has 4 nitrogen and oxygen atoms in total. The van der Waals surface area contributed by atoms with Crippen molar-refractivity contribution in [1.82, 2.24) is 0 Å². The van der Waals surface area contributed by atoms with Crippen molar-refractivity contribution in [2.24, 2.45) is 0 Å². The first-order chi connectivity index (χ1) is 7.72. The molecule has 4 heteroatoms. The highest BCUT2D eigenvalue weighted by Gasteiger charge is 2.20. The van der Waals surface area contributed by atoms with Crippen LogP contribution in [0, 0.1) is 12.3 Å². The minimum absolute atomic E-state index is 0.146. The maximum absolute atomic E-state index is 10.8. The minimum atomic E-state index is -1.02. The largest absolute Gasteiger partial charge is 0.478 e. The lowest BCUT2D eigenvalue weighted by Crippen LogP contribution is -2.04. The zero-order valence-electron chi connectivity index (χ0n) is 8.21. The SMILES string of the molecule is C#Cc1ccc(C(=O)O)cc1C1OC=CO1. The summed E-state index contributed by atoms with van der Waals surface area (Å²) in [6.07, 6.45) is 7.43. The van der Waals surface area contributed by atoms with Gasteiger partial charge in [-0.2, -0.15) is 0 Å². The van der Waals surface area contributed by atoms with Crippen LogP contribution in [0.5, 0.6) is 0 Å². The fraction of sp³-hybridized carbons (Fsp3) is 0.0833. The summed E-state index contributed by atoms with van der Waals surface area (Å²) in [5, 5.41) is 8.87. The molecule has 1 aromatic rings. The highest BCUT2D eigenvalue weighted by Crippen LogP contribution is 2.27. The van der Waals surface area contributed by atoms with E-state index < -0.39 is 12.3 Å². The number of hydrogen-bond acceptors (Lipinski definition) is 3. The summed E-state index contributed by atoms with van der Waals surface area (Å²) in [6, 6.07) is 4.46. The maximum Gasteiger partial charge on any atom is 0.335 e. The van der Waals surface area contributed by atoms with E-state index in [-0.39, 0.29) is 5.56 Å². The van der Waals surface area contributed by atoms with E-state index in [2.05, 4.69) is 5.92 Å². The van der Waals surface area contributed by atoms with Gasteiger partial charge in [0.15, 0.2) is 0 Å². The number of rotatable bonds is 2. The van der Waals surface area contributed by atoms with Crippen molar-refractivity contribution >= 4 is 5.97 Å². The molecule has 0 unspecified atom stereocenters. The summed E-state index contributed by atoms with van der Waals surface area (Å²) < 4.78 is 10.2. The molecule has 0 saturated carbocycles. The molecule has 0 aromatic heterocycles. The highest BCUT2D eigenvalue weighted by atomic mass is 16.7. The topological polar surface area (TPSA) is 55.8 Å². The third-order valence-corrected chi connectivity index (χ3v) is 2.17. The van der Waals surface area contributed by atoms with Gasteiger partial charge in [0.2, 0.25) is 0 Å². The maximum atomic E-state index is 10.8. The van der Waals surface area contributed by atoms with Crippen molar-refractivity contribution < 1.29 is 19.4 Å². The van der Waals surface area contributed by atoms with E-state index in [9.17, 15) is 4.79 Å². The van der Waals surface area contributed by atoms with Gasteiger partial charge >= 0.3 is 5.97 Å². The molecule has 0 bridgehead atoms. The van der Waals surface area contributed by atoms with E-state index in [1.54, 1.807) is 6.07 Å². The van der Waals surface area contributed by atoms with Crippen LogP contribution in [-0.4, -0.2) is 11.1 Å². The molecule has 2 rings (SSSR count). The van der Waals surface area contributed by atoms with E-state index >= 15 is 0 Å². The first kappa shape index (κ1) is 10.1. The third kappa shape index (κ3) is 1.71. The van der Waals surface area contributed by atoms with Gasteiger partial charge in [-0.1, -0.05) is 5.92 Å². The van der Waals surface area contributed by atoms with Crippen molar-refractivity contribution in [3.63, 3.8) is 0 Å². The third-order valence-electron chi connectivity index (χ3n) is 2.17. The molecule has 0 spiro atoms. The Morgan fingerprint density at radius 1 is 1.38 bits per heavy atom. The van der Waals surface area contributed by atoms with Crippen LogP contribution in [0.1, 0.15) is 27.8 Å². The molecule has 0 radical (unpaired) electrons. The second kappa shape index (κ2) is 3.99. The molecule has 0 saturated heterocycles. The second-order valence-electron chi connectivity index (χ2n) is 3.13. The Morgan fingerprint density at radius 2 is 2.06 bits per heavy atom. The van der Waals surface area contributed by atoms with Gasteiger partial charge in [0.25, 0.3) is 6.29 Å². The number of aromatic carboxylic acids is 1. The molecule has 1 aliphatic rings. The van der Waals surface area contributed by atoms with Gasteiger partial charge in [-0.25, -0.2) is 4.79 Å². The average molecular weight is 216 g/mol. The summed E-state index contributed by atoms with van der Waals surface area (Å²) in [4.78, 5) is 10.8. The van der Waals surface area contributed by atoms with Gasteiger partial charge in [-0.3, -0.25) is 0 Å². The van der Waals surface area contributed by atoms with Crippen LogP contribution in [0.25, 0.3) is 0 Å². The molecule has 0 aliphatic carbocycles. The Bertz CT molecular complexity index is 488. The average Bonchev–Trinajstić information content (AvgIpc) is 2.81. The summed E-state index contributed by atoms with van der Waals surface area (Å²) in [7, 11) is 0. The number of carbonyl (C=O) groups is 1. The number of terminal acetylenes is 1. The molecule has 1 aliphatic heterocycles. The molecule has 80 valence electrons. The van der Waals surface area contributed by atoms with Crippen LogP contribution in [0.2, 0.25) is 0 Å². The lowest BCUT2D eigenvalue weighted by Gasteiger charge is -2.13. The summed E-state index contributed by atoms with van der Waals surface area (Å²) in [6.45, 7) is 0. The van der Waals surface area contributed by atoms with Crippen LogP contribution in [0.15, 0.2) is 30.7 Å². The fourth-order valence-corrected chi connectivity index (χ4v) is 1.41. The minimum Gasteiger partial charge on any atom is -0.478 e. The Morgan fingerprint density at radius 3 is 2.62 bits per heavy atom. The van der Waals surface area contributed by atoms with Crippen LogP contribution < -0.4 is 0 Å². The van der Waals surface area contributed by atoms with Crippen LogP contribution in [0.3, 0.4) is 0 Å². The fourth-order valence-electron chi connectivity index (χ4n) is 1.41. The second-order valence-corrected chi connectivity index (χ2v) is 3.13. The van der Waals surface area contributed by atoms with Gasteiger partial charge in [0, 0.05) is 11.1 Å². The molecule has 0 atom stereocenters. The lowest BCUT2D eigenvalue weighted by atomic mass is 10.0. The van der Waals surface area contributed by atoms with E-state index in [1.165, 1.54) is 24.7 Å². The molecule has 16 heavy (non-hydrogen) atoms. The molecule has 0 amide bonds. The van der Waals surface area contributed by atoms with Crippen molar-refractivity contribution in [2.45, 2.75) is 6.29 Å². The lowest BCUT2D eigenvalue weighted by molar-refractivity contribution is -0.0248. The van der Waals surface area contributed by atoms with Gasteiger partial charge in [-0.05, 0) is 18.2 Å². The molecule has 0 fully saturated rings. The van der Waals surface area contributed by atoms with Gasteiger partial charge in [-0.15, -0.1) is 6.42 Å². The molecule has 1 N–H and O–H groups in total. The predicted octanol–water partition coefficient (Wildman–Crippen LogP) is 1.88. The summed E-state index contributed by atoms with van der Waals surface area (Å²) in [5.74, 6) is 1.44. The zero-order chi connectivity index (χ0) is 11.5. The normalized spacial score (nSPS) is 13.9. The van der Waals surface area contributed by atoms with Crippen molar-refractivity contribution in [2.75, 3.05) is 0 Å². The van der Waals surface area contributed by atoms with E-state index in [0.29, 0.717) is 11.1 Å². The number of hydrogen-bond donors (Lipinski definition) is 1. The van der Waals surface area contributed by atoms with Crippen molar-refractivity contribution in [3.8, 4) is 12.3 Å². The standard InChI is InChI=1S/C12H8O4/c1-2-8-3-4-9(11(13)14)7-10(8)12-15-5-6-16-12/h1,3-7,12H,(H,13,14). The number of carboxylic acids is 1. The molecular formula is C12H8O4. The van der Waals surface area contributed by atoms with Gasteiger partial charge < -0.3 is 14.6 Å². The van der Waals surface area contributed by atoms with Crippen LogP contribution in [-0.2, 0) is 9.47 Å². The smallest absolute Gasteiger partial charge is 0.335 e. The molecule has 1 aromatic carbocycles. The quantitative estimate of drug-likeness (QED) is 0.767. The first-order valence-corrected chi connectivity index (χ1v) is 4.52. The monoisotopic (exact) mass is 216 g/mol.